The topological polar surface area (TPSA) is 17.1 Å². The van der Waals surface area contributed by atoms with Gasteiger partial charge in [-0.3, -0.25) is 4.79 Å². The van der Waals surface area contributed by atoms with E-state index in [0.717, 1.165) is 11.6 Å². The van der Waals surface area contributed by atoms with Crippen LogP contribution in [0.2, 0.25) is 0 Å². The van der Waals surface area contributed by atoms with E-state index < -0.39 is 17.4 Å². The van der Waals surface area contributed by atoms with E-state index in [4.69, 9.17) is 0 Å². The van der Waals surface area contributed by atoms with Crippen LogP contribution in [0.3, 0.4) is 0 Å². The Kier molecular flexibility index (Phi) is 3.95. The summed E-state index contributed by atoms with van der Waals surface area (Å²) >= 11 is 0. The summed E-state index contributed by atoms with van der Waals surface area (Å²) in [6, 6.07) is 9.18. The Morgan fingerprint density at radius 2 is 1.57 bits per heavy atom. The fourth-order valence-corrected chi connectivity index (χ4v) is 2.31. The lowest BCUT2D eigenvalue weighted by atomic mass is 9.81. The third-order valence-electron chi connectivity index (χ3n) is 3.47. The van der Waals surface area contributed by atoms with Gasteiger partial charge in [0.15, 0.2) is 5.78 Å². The molecule has 0 fully saturated rings. The second-order valence-electron chi connectivity index (χ2n) is 6.21. The van der Waals surface area contributed by atoms with Crippen LogP contribution in [0.1, 0.15) is 47.8 Å². The van der Waals surface area contributed by atoms with E-state index in [9.17, 15) is 13.6 Å². The number of benzene rings is 2. The number of carbonyl (C=O) groups excluding carboxylic acids is 1. The van der Waals surface area contributed by atoms with Crippen molar-refractivity contribution < 1.29 is 13.6 Å². The van der Waals surface area contributed by atoms with Gasteiger partial charge in [0.2, 0.25) is 0 Å². The maximum atomic E-state index is 13.9. The summed E-state index contributed by atoms with van der Waals surface area (Å²) in [7, 11) is 0. The van der Waals surface area contributed by atoms with Gasteiger partial charge in [-0.25, -0.2) is 8.78 Å². The van der Waals surface area contributed by atoms with Gasteiger partial charge in [0.1, 0.15) is 11.6 Å². The molecule has 0 saturated heterocycles. The summed E-state index contributed by atoms with van der Waals surface area (Å²) in [6.45, 7) is 7.49. The van der Waals surface area contributed by atoms with Crippen LogP contribution in [0.4, 0.5) is 8.78 Å². The average Bonchev–Trinajstić information content (AvgIpc) is 2.41. The lowest BCUT2D eigenvalue weighted by molar-refractivity contribution is 0.103. The van der Waals surface area contributed by atoms with Crippen molar-refractivity contribution in [3.05, 3.63) is 70.3 Å². The fourth-order valence-electron chi connectivity index (χ4n) is 2.31. The number of hydrogen-bond donors (Lipinski definition) is 0. The van der Waals surface area contributed by atoms with Crippen molar-refractivity contribution >= 4 is 5.78 Å². The van der Waals surface area contributed by atoms with Gasteiger partial charge in [0, 0.05) is 11.6 Å². The second kappa shape index (κ2) is 5.40. The summed E-state index contributed by atoms with van der Waals surface area (Å²) in [6.07, 6.45) is 0. The quantitative estimate of drug-likeness (QED) is 0.725. The summed E-state index contributed by atoms with van der Waals surface area (Å²) in [5.41, 5.74) is 1.22. The smallest absolute Gasteiger partial charge is 0.196 e. The predicted molar refractivity (Wildman–Crippen MR) is 79.7 cm³/mol. The molecule has 0 aromatic heterocycles. The molecule has 1 nitrogen and oxygen atoms in total. The van der Waals surface area contributed by atoms with Crippen LogP contribution in [0.15, 0.2) is 36.4 Å². The normalized spacial score (nSPS) is 11.5. The van der Waals surface area contributed by atoms with Crippen molar-refractivity contribution in [3.8, 4) is 0 Å². The van der Waals surface area contributed by atoms with E-state index >= 15 is 0 Å². The Morgan fingerprint density at radius 1 is 0.952 bits per heavy atom. The number of aryl methyl sites for hydroxylation is 1. The molecule has 0 radical (unpaired) electrons. The zero-order chi connectivity index (χ0) is 15.8. The standard InChI is InChI=1S/C18H18F2O/c1-11-9-13(16(20)10-15(11)19)17(21)12-7-5-6-8-14(12)18(2,3)4/h5-10H,1-4H3. The predicted octanol–water partition coefficient (Wildman–Crippen LogP) is 4.80. The first kappa shape index (κ1) is 15.4. The van der Waals surface area contributed by atoms with Gasteiger partial charge in [0.05, 0.1) is 5.56 Å². The molecule has 0 aliphatic rings. The largest absolute Gasteiger partial charge is 0.288 e. The van der Waals surface area contributed by atoms with E-state index in [1.165, 1.54) is 13.0 Å². The third kappa shape index (κ3) is 3.02. The molecule has 2 aromatic carbocycles. The lowest BCUT2D eigenvalue weighted by Gasteiger charge is -2.22. The highest BCUT2D eigenvalue weighted by molar-refractivity contribution is 6.10. The van der Waals surface area contributed by atoms with E-state index in [-0.39, 0.29) is 16.5 Å². The molecule has 0 unspecified atom stereocenters. The van der Waals surface area contributed by atoms with Gasteiger partial charge in [-0.15, -0.1) is 0 Å². The highest BCUT2D eigenvalue weighted by atomic mass is 19.1. The van der Waals surface area contributed by atoms with E-state index in [0.29, 0.717) is 5.56 Å². The van der Waals surface area contributed by atoms with Crippen LogP contribution in [0.25, 0.3) is 0 Å². The van der Waals surface area contributed by atoms with Gasteiger partial charge in [-0.1, -0.05) is 45.0 Å². The Balaban J connectivity index is 2.59. The van der Waals surface area contributed by atoms with Crippen LogP contribution < -0.4 is 0 Å². The van der Waals surface area contributed by atoms with Crippen LogP contribution >= 0.6 is 0 Å². The van der Waals surface area contributed by atoms with Crippen molar-refractivity contribution in [3.63, 3.8) is 0 Å². The molecule has 2 aromatic rings. The van der Waals surface area contributed by atoms with E-state index in [1.54, 1.807) is 12.1 Å². The number of rotatable bonds is 2. The molecule has 0 aliphatic carbocycles. The highest BCUT2D eigenvalue weighted by Crippen LogP contribution is 2.28. The Hall–Kier alpha value is -2.03. The molecule has 0 spiro atoms. The number of carbonyl (C=O) groups is 1. The fraction of sp³-hybridized carbons (Fsp3) is 0.278. The first-order chi connectivity index (χ1) is 9.71. The van der Waals surface area contributed by atoms with Gasteiger partial charge in [-0.05, 0) is 29.5 Å². The first-order valence-electron chi connectivity index (χ1n) is 6.81. The van der Waals surface area contributed by atoms with Crippen LogP contribution in [-0.4, -0.2) is 5.78 Å². The van der Waals surface area contributed by atoms with Crippen molar-refractivity contribution in [2.45, 2.75) is 33.1 Å². The summed E-state index contributed by atoms with van der Waals surface area (Å²) < 4.78 is 27.3. The third-order valence-corrected chi connectivity index (χ3v) is 3.47. The maximum Gasteiger partial charge on any atom is 0.196 e. The molecule has 0 aliphatic heterocycles. The number of ketones is 1. The molecule has 3 heteroatoms. The number of halogens is 2. The minimum atomic E-state index is -0.827. The molecule has 0 atom stereocenters. The molecule has 0 heterocycles. The van der Waals surface area contributed by atoms with Gasteiger partial charge < -0.3 is 0 Å². The molecule has 21 heavy (non-hydrogen) atoms. The summed E-state index contributed by atoms with van der Waals surface area (Å²) in [4.78, 5) is 12.6. The SMILES string of the molecule is Cc1cc(C(=O)c2ccccc2C(C)(C)C)c(F)cc1F. The molecule has 110 valence electrons. The van der Waals surface area contributed by atoms with Crippen molar-refractivity contribution in [1.82, 2.24) is 0 Å². The maximum absolute atomic E-state index is 13.9. The zero-order valence-corrected chi connectivity index (χ0v) is 12.6. The zero-order valence-electron chi connectivity index (χ0n) is 12.6. The van der Waals surface area contributed by atoms with Crippen LogP contribution in [-0.2, 0) is 5.41 Å². The summed E-state index contributed by atoms with van der Waals surface area (Å²) in [5.74, 6) is -1.89. The molecule has 0 N–H and O–H groups in total. The van der Waals surface area contributed by atoms with Gasteiger partial charge >= 0.3 is 0 Å². The van der Waals surface area contributed by atoms with Crippen LogP contribution in [0.5, 0.6) is 0 Å². The molecular weight excluding hydrogens is 270 g/mol. The molecule has 0 bridgehead atoms. The van der Waals surface area contributed by atoms with Crippen molar-refractivity contribution in [1.29, 1.82) is 0 Å². The molecule has 0 saturated carbocycles. The minimum Gasteiger partial charge on any atom is -0.288 e. The Labute approximate surface area is 123 Å². The summed E-state index contributed by atoms with van der Waals surface area (Å²) in [5, 5.41) is 0. The van der Waals surface area contributed by atoms with E-state index in [2.05, 4.69) is 0 Å². The van der Waals surface area contributed by atoms with Crippen LogP contribution in [0, 0.1) is 18.6 Å². The van der Waals surface area contributed by atoms with Gasteiger partial charge in [-0.2, -0.15) is 0 Å². The lowest BCUT2D eigenvalue weighted by Crippen LogP contribution is -2.18. The molecule has 2 rings (SSSR count). The second-order valence-corrected chi connectivity index (χ2v) is 6.21. The molecular formula is C18H18F2O. The number of hydrogen-bond acceptors (Lipinski definition) is 1. The Bertz CT molecular complexity index is 697. The van der Waals surface area contributed by atoms with Gasteiger partial charge in [0.25, 0.3) is 0 Å². The average molecular weight is 288 g/mol. The Morgan fingerprint density at radius 3 is 2.19 bits per heavy atom. The van der Waals surface area contributed by atoms with Crippen molar-refractivity contribution in [2.24, 2.45) is 0 Å². The molecule has 0 amide bonds. The van der Waals surface area contributed by atoms with E-state index in [1.807, 2.05) is 32.9 Å². The first-order valence-corrected chi connectivity index (χ1v) is 6.81. The highest BCUT2D eigenvalue weighted by Gasteiger charge is 2.24. The monoisotopic (exact) mass is 288 g/mol. The minimum absolute atomic E-state index is 0.0920. The van der Waals surface area contributed by atoms with Crippen molar-refractivity contribution in [2.75, 3.05) is 0 Å².